The molecule has 0 saturated heterocycles. The molecule has 0 aliphatic heterocycles. The van der Waals surface area contributed by atoms with E-state index < -0.39 is 0 Å². The molecule has 4 heteroatoms. The highest BCUT2D eigenvalue weighted by Crippen LogP contribution is 2.23. The molecule has 1 N–H and O–H groups in total. The van der Waals surface area contributed by atoms with Crippen LogP contribution < -0.4 is 0 Å². The van der Waals surface area contributed by atoms with Gasteiger partial charge < -0.3 is 5.21 Å². The SMILES string of the molecule is CSC(SC)/C(=N/O)c1ccccc1. The highest BCUT2D eigenvalue weighted by Gasteiger charge is 2.15. The molecule has 76 valence electrons. The number of nitrogens with zero attached hydrogens (tertiary/aromatic N) is 1. The van der Waals surface area contributed by atoms with Gasteiger partial charge in [-0.2, -0.15) is 0 Å². The number of oxime groups is 1. The summed E-state index contributed by atoms with van der Waals surface area (Å²) in [5.74, 6) is 0. The van der Waals surface area contributed by atoms with Crippen molar-refractivity contribution in [1.82, 2.24) is 0 Å². The van der Waals surface area contributed by atoms with Crippen LogP contribution in [0.4, 0.5) is 0 Å². The zero-order valence-electron chi connectivity index (χ0n) is 8.18. The average Bonchev–Trinajstić information content (AvgIpc) is 2.27. The van der Waals surface area contributed by atoms with Gasteiger partial charge in [0.2, 0.25) is 0 Å². The van der Waals surface area contributed by atoms with Crippen molar-refractivity contribution in [3.63, 3.8) is 0 Å². The van der Waals surface area contributed by atoms with Crippen LogP contribution in [-0.4, -0.2) is 28.0 Å². The van der Waals surface area contributed by atoms with Crippen LogP contribution in [0.2, 0.25) is 0 Å². The summed E-state index contributed by atoms with van der Waals surface area (Å²) >= 11 is 3.34. The number of hydrogen-bond acceptors (Lipinski definition) is 4. The van der Waals surface area contributed by atoms with E-state index in [1.165, 1.54) is 0 Å². The van der Waals surface area contributed by atoms with Gasteiger partial charge >= 0.3 is 0 Å². The zero-order chi connectivity index (χ0) is 10.4. The summed E-state index contributed by atoms with van der Waals surface area (Å²) < 4.78 is 0.183. The summed E-state index contributed by atoms with van der Waals surface area (Å²) in [4.78, 5) is 0. The minimum absolute atomic E-state index is 0.183. The Bertz CT molecular complexity index is 296. The van der Waals surface area contributed by atoms with Crippen LogP contribution in [0, 0.1) is 0 Å². The molecule has 0 bridgehead atoms. The van der Waals surface area contributed by atoms with Crippen molar-refractivity contribution in [2.45, 2.75) is 4.58 Å². The van der Waals surface area contributed by atoms with E-state index in [4.69, 9.17) is 5.21 Å². The predicted octanol–water partition coefficient (Wildman–Crippen LogP) is 2.92. The van der Waals surface area contributed by atoms with Gasteiger partial charge in [0.05, 0.1) is 4.58 Å². The molecular weight excluding hydrogens is 214 g/mol. The quantitative estimate of drug-likeness (QED) is 0.371. The lowest BCUT2D eigenvalue weighted by molar-refractivity contribution is 0.319. The van der Waals surface area contributed by atoms with Crippen LogP contribution >= 0.6 is 23.5 Å². The maximum Gasteiger partial charge on any atom is 0.110 e. The molecule has 0 atom stereocenters. The standard InChI is InChI=1S/C10H13NOS2/c1-13-10(14-2)9(11-12)8-6-4-3-5-7-8/h3-7,10,12H,1-2H3/b11-9+. The fraction of sp³-hybridized carbons (Fsp3) is 0.300. The molecule has 1 rings (SSSR count). The normalized spacial score (nSPS) is 12.1. The first-order valence-electron chi connectivity index (χ1n) is 4.16. The van der Waals surface area contributed by atoms with Crippen molar-refractivity contribution in [3.8, 4) is 0 Å². The molecule has 0 radical (unpaired) electrons. The number of hydrogen-bond donors (Lipinski definition) is 1. The number of rotatable bonds is 4. The Hall–Kier alpha value is -0.610. The molecule has 1 aromatic rings. The number of thioether (sulfide) groups is 2. The second-order valence-corrected chi connectivity index (χ2v) is 4.84. The maximum absolute atomic E-state index is 8.97. The van der Waals surface area contributed by atoms with E-state index in [9.17, 15) is 0 Å². The van der Waals surface area contributed by atoms with Crippen LogP contribution in [0.15, 0.2) is 35.5 Å². The minimum Gasteiger partial charge on any atom is -0.411 e. The van der Waals surface area contributed by atoms with E-state index in [1.54, 1.807) is 23.5 Å². The van der Waals surface area contributed by atoms with Gasteiger partial charge in [0.15, 0.2) is 0 Å². The fourth-order valence-electron chi connectivity index (χ4n) is 1.17. The van der Waals surface area contributed by atoms with Crippen LogP contribution in [0.1, 0.15) is 5.56 Å². The van der Waals surface area contributed by atoms with Gasteiger partial charge in [-0.1, -0.05) is 35.5 Å². The predicted molar refractivity (Wildman–Crippen MR) is 65.6 cm³/mol. The first kappa shape index (κ1) is 11.5. The van der Waals surface area contributed by atoms with Crippen molar-refractivity contribution in [2.75, 3.05) is 12.5 Å². The Kier molecular flexibility index (Phi) is 4.90. The Balaban J connectivity index is 2.94. The molecule has 0 aliphatic carbocycles. The molecule has 0 unspecified atom stereocenters. The summed E-state index contributed by atoms with van der Waals surface area (Å²) in [6.07, 6.45) is 4.02. The third-order valence-electron chi connectivity index (χ3n) is 1.83. The molecule has 14 heavy (non-hydrogen) atoms. The first-order valence-corrected chi connectivity index (χ1v) is 6.74. The van der Waals surface area contributed by atoms with E-state index in [0.29, 0.717) is 0 Å². The van der Waals surface area contributed by atoms with E-state index in [1.807, 2.05) is 42.8 Å². The van der Waals surface area contributed by atoms with Gasteiger partial charge in [0.25, 0.3) is 0 Å². The lowest BCUT2D eigenvalue weighted by Gasteiger charge is -2.12. The van der Waals surface area contributed by atoms with E-state index in [-0.39, 0.29) is 4.58 Å². The van der Waals surface area contributed by atoms with Crippen molar-refractivity contribution in [1.29, 1.82) is 0 Å². The molecule has 0 aromatic heterocycles. The molecule has 0 aliphatic rings. The van der Waals surface area contributed by atoms with Gasteiger partial charge in [-0.05, 0) is 12.5 Å². The third-order valence-corrected chi connectivity index (χ3v) is 4.29. The minimum atomic E-state index is 0.183. The lowest BCUT2D eigenvalue weighted by atomic mass is 10.1. The summed E-state index contributed by atoms with van der Waals surface area (Å²) in [6, 6.07) is 9.74. The van der Waals surface area contributed by atoms with Crippen molar-refractivity contribution in [2.24, 2.45) is 5.16 Å². The van der Waals surface area contributed by atoms with E-state index >= 15 is 0 Å². The fourth-order valence-corrected chi connectivity index (χ4v) is 2.75. The Morgan fingerprint density at radius 2 is 1.79 bits per heavy atom. The molecule has 0 amide bonds. The largest absolute Gasteiger partial charge is 0.411 e. The van der Waals surface area contributed by atoms with Crippen LogP contribution in [0.5, 0.6) is 0 Å². The maximum atomic E-state index is 8.97. The van der Waals surface area contributed by atoms with E-state index in [0.717, 1.165) is 11.3 Å². The summed E-state index contributed by atoms with van der Waals surface area (Å²) in [6.45, 7) is 0. The van der Waals surface area contributed by atoms with Gasteiger partial charge in [0.1, 0.15) is 5.71 Å². The van der Waals surface area contributed by atoms with Gasteiger partial charge in [-0.3, -0.25) is 0 Å². The highest BCUT2D eigenvalue weighted by molar-refractivity contribution is 8.17. The molecule has 0 saturated carbocycles. The number of benzene rings is 1. The monoisotopic (exact) mass is 227 g/mol. The zero-order valence-corrected chi connectivity index (χ0v) is 9.81. The first-order chi connectivity index (χ1) is 6.83. The Labute approximate surface area is 92.8 Å². The van der Waals surface area contributed by atoms with Crippen LogP contribution in [0.25, 0.3) is 0 Å². The Morgan fingerprint density at radius 1 is 1.21 bits per heavy atom. The topological polar surface area (TPSA) is 32.6 Å². The summed E-state index contributed by atoms with van der Waals surface area (Å²) in [5, 5.41) is 12.3. The molecule has 2 nitrogen and oxygen atoms in total. The van der Waals surface area contributed by atoms with Crippen molar-refractivity contribution < 1.29 is 5.21 Å². The van der Waals surface area contributed by atoms with E-state index in [2.05, 4.69) is 5.16 Å². The second-order valence-electron chi connectivity index (χ2n) is 2.65. The van der Waals surface area contributed by atoms with Crippen molar-refractivity contribution in [3.05, 3.63) is 35.9 Å². The summed E-state index contributed by atoms with van der Waals surface area (Å²) in [5.41, 5.74) is 1.70. The lowest BCUT2D eigenvalue weighted by Crippen LogP contribution is -2.14. The highest BCUT2D eigenvalue weighted by atomic mass is 32.2. The van der Waals surface area contributed by atoms with Gasteiger partial charge in [-0.15, -0.1) is 23.5 Å². The van der Waals surface area contributed by atoms with Crippen molar-refractivity contribution >= 4 is 29.2 Å². The summed E-state index contributed by atoms with van der Waals surface area (Å²) in [7, 11) is 0. The molecule has 0 fully saturated rings. The second kappa shape index (κ2) is 5.98. The van der Waals surface area contributed by atoms with Crippen LogP contribution in [0.3, 0.4) is 0 Å². The third kappa shape index (κ3) is 2.69. The molecule has 1 aromatic carbocycles. The molecule has 0 heterocycles. The van der Waals surface area contributed by atoms with Gasteiger partial charge in [-0.25, -0.2) is 0 Å². The van der Waals surface area contributed by atoms with Gasteiger partial charge in [0, 0.05) is 5.56 Å². The Morgan fingerprint density at radius 3 is 2.21 bits per heavy atom. The molecule has 0 spiro atoms. The smallest absolute Gasteiger partial charge is 0.110 e. The molecular formula is C10H13NOS2. The van der Waals surface area contributed by atoms with Crippen LogP contribution in [-0.2, 0) is 0 Å². The average molecular weight is 227 g/mol.